The molecular formula is C19H23N3OS. The predicted octanol–water partition coefficient (Wildman–Crippen LogP) is 3.84. The van der Waals surface area contributed by atoms with E-state index in [0.29, 0.717) is 6.42 Å². The van der Waals surface area contributed by atoms with Gasteiger partial charge >= 0.3 is 0 Å². The van der Waals surface area contributed by atoms with Crippen molar-refractivity contribution in [3.63, 3.8) is 0 Å². The third-order valence-electron chi connectivity index (χ3n) is 4.11. The molecule has 0 aliphatic carbocycles. The van der Waals surface area contributed by atoms with Gasteiger partial charge in [-0.1, -0.05) is 24.3 Å². The van der Waals surface area contributed by atoms with Gasteiger partial charge in [-0.15, -0.1) is 11.3 Å². The second-order valence-electron chi connectivity index (χ2n) is 6.07. The molecule has 0 fully saturated rings. The molecule has 2 N–H and O–H groups in total. The van der Waals surface area contributed by atoms with Crippen LogP contribution in [0.1, 0.15) is 35.6 Å². The molecule has 5 heteroatoms. The van der Waals surface area contributed by atoms with Gasteiger partial charge in [-0.2, -0.15) is 5.10 Å². The van der Waals surface area contributed by atoms with Gasteiger partial charge in [-0.25, -0.2) is 4.68 Å². The lowest BCUT2D eigenvalue weighted by Gasteiger charge is -2.17. The van der Waals surface area contributed by atoms with Crippen molar-refractivity contribution in [1.29, 1.82) is 0 Å². The molecule has 0 radical (unpaired) electrons. The zero-order chi connectivity index (χ0) is 16.9. The van der Waals surface area contributed by atoms with E-state index < -0.39 is 6.10 Å². The molecule has 0 amide bonds. The van der Waals surface area contributed by atoms with Gasteiger partial charge in [0.05, 0.1) is 17.5 Å². The number of aromatic nitrogens is 2. The molecule has 4 nitrogen and oxygen atoms in total. The Balaban J connectivity index is 1.57. The minimum atomic E-state index is -0.402. The number of aryl methyl sites for hydroxylation is 1. The number of aliphatic hydroxyl groups excluding tert-OH is 1. The summed E-state index contributed by atoms with van der Waals surface area (Å²) in [6.45, 7) is 4.88. The predicted molar refractivity (Wildman–Crippen MR) is 98.5 cm³/mol. The monoisotopic (exact) mass is 341 g/mol. The standard InChI is InChI=1S/C19H23N3OS/c1-14(11-18(23)19-9-6-10-24-19)20-12-16-13-22(21-15(16)2)17-7-4-3-5-8-17/h3-10,13-14,18,20,23H,11-12H2,1-2H3. The number of nitrogens with zero attached hydrogens (tertiary/aromatic N) is 2. The molecule has 2 atom stereocenters. The van der Waals surface area contributed by atoms with Crippen LogP contribution in [-0.4, -0.2) is 20.9 Å². The van der Waals surface area contributed by atoms with Gasteiger partial charge in [-0.3, -0.25) is 0 Å². The maximum Gasteiger partial charge on any atom is 0.0896 e. The number of thiophene rings is 1. The average Bonchev–Trinajstić information content (AvgIpc) is 3.24. The van der Waals surface area contributed by atoms with Gasteiger partial charge < -0.3 is 10.4 Å². The number of aliphatic hydroxyl groups is 1. The normalized spacial score (nSPS) is 13.8. The zero-order valence-corrected chi connectivity index (χ0v) is 14.8. The minimum absolute atomic E-state index is 0.224. The summed E-state index contributed by atoms with van der Waals surface area (Å²) in [6, 6.07) is 14.3. The van der Waals surface area contributed by atoms with Crippen LogP contribution in [0.4, 0.5) is 0 Å². The highest BCUT2D eigenvalue weighted by Gasteiger charge is 2.14. The second-order valence-corrected chi connectivity index (χ2v) is 7.05. The molecule has 0 saturated carbocycles. The van der Waals surface area contributed by atoms with Crippen LogP contribution in [0, 0.1) is 6.92 Å². The first-order chi connectivity index (χ1) is 11.6. The summed E-state index contributed by atoms with van der Waals surface area (Å²) in [7, 11) is 0. The summed E-state index contributed by atoms with van der Waals surface area (Å²) >= 11 is 1.60. The number of para-hydroxylation sites is 1. The largest absolute Gasteiger partial charge is 0.388 e. The van der Waals surface area contributed by atoms with Crippen LogP contribution in [-0.2, 0) is 6.54 Å². The summed E-state index contributed by atoms with van der Waals surface area (Å²) in [4.78, 5) is 1.02. The van der Waals surface area contributed by atoms with Crippen molar-refractivity contribution in [2.75, 3.05) is 0 Å². The number of nitrogens with one attached hydrogen (secondary N) is 1. The van der Waals surface area contributed by atoms with Crippen molar-refractivity contribution in [2.24, 2.45) is 0 Å². The molecule has 0 saturated heterocycles. The summed E-state index contributed by atoms with van der Waals surface area (Å²) in [6.07, 6.45) is 2.37. The molecule has 0 aliphatic heterocycles. The molecule has 0 spiro atoms. The van der Waals surface area contributed by atoms with Crippen molar-refractivity contribution < 1.29 is 5.11 Å². The van der Waals surface area contributed by atoms with Gasteiger partial charge in [0.25, 0.3) is 0 Å². The Labute approximate surface area is 146 Å². The van der Waals surface area contributed by atoms with Crippen molar-refractivity contribution >= 4 is 11.3 Å². The lowest BCUT2D eigenvalue weighted by Crippen LogP contribution is -2.27. The molecule has 0 aliphatic rings. The van der Waals surface area contributed by atoms with Crippen LogP contribution in [0.2, 0.25) is 0 Å². The molecule has 2 unspecified atom stereocenters. The van der Waals surface area contributed by atoms with Crippen LogP contribution in [0.3, 0.4) is 0 Å². The Bertz CT molecular complexity index is 752. The highest BCUT2D eigenvalue weighted by Crippen LogP contribution is 2.23. The minimum Gasteiger partial charge on any atom is -0.388 e. The third-order valence-corrected chi connectivity index (χ3v) is 5.08. The van der Waals surface area contributed by atoms with Gasteiger partial charge in [0.2, 0.25) is 0 Å². The first kappa shape index (κ1) is 16.9. The molecule has 2 aromatic heterocycles. The number of hydrogen-bond donors (Lipinski definition) is 2. The third kappa shape index (κ3) is 4.12. The molecule has 1 aromatic carbocycles. The molecular weight excluding hydrogens is 318 g/mol. The van der Waals surface area contributed by atoms with Crippen LogP contribution in [0.5, 0.6) is 0 Å². The van der Waals surface area contributed by atoms with E-state index in [1.54, 1.807) is 11.3 Å². The zero-order valence-electron chi connectivity index (χ0n) is 14.0. The van der Waals surface area contributed by atoms with Crippen LogP contribution in [0.15, 0.2) is 54.0 Å². The van der Waals surface area contributed by atoms with Crippen molar-refractivity contribution in [1.82, 2.24) is 15.1 Å². The van der Waals surface area contributed by atoms with Crippen molar-refractivity contribution in [3.05, 3.63) is 70.2 Å². The fourth-order valence-corrected chi connectivity index (χ4v) is 3.41. The van der Waals surface area contributed by atoms with Gasteiger partial charge in [0, 0.05) is 29.2 Å². The fourth-order valence-electron chi connectivity index (χ4n) is 2.68. The average molecular weight is 341 g/mol. The lowest BCUT2D eigenvalue weighted by molar-refractivity contribution is 0.157. The highest BCUT2D eigenvalue weighted by molar-refractivity contribution is 7.10. The number of rotatable bonds is 7. The van der Waals surface area contributed by atoms with Crippen LogP contribution >= 0.6 is 11.3 Å². The van der Waals surface area contributed by atoms with E-state index in [1.165, 1.54) is 5.56 Å². The summed E-state index contributed by atoms with van der Waals surface area (Å²) in [5.74, 6) is 0. The molecule has 3 rings (SSSR count). The van der Waals surface area contributed by atoms with Crippen molar-refractivity contribution in [3.8, 4) is 5.69 Å². The van der Waals surface area contributed by atoms with E-state index in [9.17, 15) is 5.11 Å². The van der Waals surface area contributed by atoms with Crippen molar-refractivity contribution in [2.45, 2.75) is 39.0 Å². The van der Waals surface area contributed by atoms with E-state index >= 15 is 0 Å². The first-order valence-electron chi connectivity index (χ1n) is 8.19. The van der Waals surface area contributed by atoms with E-state index in [0.717, 1.165) is 22.8 Å². The quantitative estimate of drug-likeness (QED) is 0.686. The Morgan fingerprint density at radius 3 is 2.71 bits per heavy atom. The Hall–Kier alpha value is -1.95. The molecule has 24 heavy (non-hydrogen) atoms. The first-order valence-corrected chi connectivity index (χ1v) is 9.07. The maximum absolute atomic E-state index is 10.2. The number of benzene rings is 1. The Morgan fingerprint density at radius 2 is 2.00 bits per heavy atom. The fraction of sp³-hybridized carbons (Fsp3) is 0.316. The van der Waals surface area contributed by atoms with Crippen LogP contribution in [0.25, 0.3) is 5.69 Å². The highest BCUT2D eigenvalue weighted by atomic mass is 32.1. The van der Waals surface area contributed by atoms with Gasteiger partial charge in [0.15, 0.2) is 0 Å². The van der Waals surface area contributed by atoms with Gasteiger partial charge in [-0.05, 0) is 43.8 Å². The second kappa shape index (κ2) is 7.75. The van der Waals surface area contributed by atoms with E-state index in [-0.39, 0.29) is 6.04 Å². The maximum atomic E-state index is 10.2. The smallest absolute Gasteiger partial charge is 0.0896 e. The summed E-state index contributed by atoms with van der Waals surface area (Å²) in [5.41, 5.74) is 3.27. The van der Waals surface area contributed by atoms with E-state index in [2.05, 4.69) is 23.5 Å². The van der Waals surface area contributed by atoms with Gasteiger partial charge in [0.1, 0.15) is 0 Å². The molecule has 0 bridgehead atoms. The number of hydrogen-bond acceptors (Lipinski definition) is 4. The SMILES string of the molecule is Cc1nn(-c2ccccc2)cc1CNC(C)CC(O)c1cccs1. The van der Waals surface area contributed by atoms with E-state index in [1.807, 2.05) is 59.5 Å². The van der Waals surface area contributed by atoms with E-state index in [4.69, 9.17) is 0 Å². The Morgan fingerprint density at radius 1 is 1.21 bits per heavy atom. The summed E-state index contributed by atoms with van der Waals surface area (Å²) < 4.78 is 1.91. The topological polar surface area (TPSA) is 50.1 Å². The van der Waals surface area contributed by atoms with Crippen LogP contribution < -0.4 is 5.32 Å². The Kier molecular flexibility index (Phi) is 5.45. The molecule has 3 aromatic rings. The molecule has 2 heterocycles. The summed E-state index contributed by atoms with van der Waals surface area (Å²) in [5, 5.41) is 20.3. The molecule has 126 valence electrons. The lowest BCUT2D eigenvalue weighted by atomic mass is 10.1.